The third-order valence-electron chi connectivity index (χ3n) is 6.55. The van der Waals surface area contributed by atoms with Gasteiger partial charge in [0.25, 0.3) is 5.91 Å². The molecule has 0 radical (unpaired) electrons. The Balaban J connectivity index is 0.000000937. The van der Waals surface area contributed by atoms with Gasteiger partial charge in [0, 0.05) is 32.2 Å². The van der Waals surface area contributed by atoms with Gasteiger partial charge in [-0.1, -0.05) is 38.2 Å². The number of anilines is 2. The Morgan fingerprint density at radius 2 is 1.97 bits per heavy atom. The van der Waals surface area contributed by atoms with Crippen LogP contribution in [-0.2, 0) is 4.79 Å². The van der Waals surface area contributed by atoms with Gasteiger partial charge in [-0.15, -0.1) is 0 Å². The molecular formula is C23H30N6O. The maximum atomic E-state index is 13.4. The number of hydrogen-bond donors (Lipinski definition) is 2. The van der Waals surface area contributed by atoms with E-state index in [1.54, 1.807) is 5.01 Å². The number of carbonyl (C=O) groups is 1. The molecule has 5 aliphatic rings. The second-order valence-electron chi connectivity index (χ2n) is 8.21. The van der Waals surface area contributed by atoms with Crippen LogP contribution in [0.5, 0.6) is 0 Å². The second kappa shape index (κ2) is 7.54. The van der Waals surface area contributed by atoms with Crippen LogP contribution >= 0.6 is 0 Å². The van der Waals surface area contributed by atoms with Crippen molar-refractivity contribution in [2.24, 2.45) is 10.5 Å². The molecule has 0 aromatic carbocycles. The number of aromatic nitrogens is 1. The molecule has 30 heavy (non-hydrogen) atoms. The Kier molecular flexibility index (Phi) is 4.85. The first kappa shape index (κ1) is 19.3. The van der Waals surface area contributed by atoms with Gasteiger partial charge in [-0.3, -0.25) is 4.79 Å². The molecule has 3 atom stereocenters. The first-order chi connectivity index (χ1) is 14.8. The Morgan fingerprint density at radius 1 is 1.13 bits per heavy atom. The lowest BCUT2D eigenvalue weighted by Gasteiger charge is -2.30. The molecular weight excluding hydrogens is 376 g/mol. The highest BCUT2D eigenvalue weighted by molar-refractivity contribution is 6.26. The largest absolute Gasteiger partial charge is 0.379 e. The van der Waals surface area contributed by atoms with Crippen LogP contribution in [-0.4, -0.2) is 59.9 Å². The fourth-order valence-electron chi connectivity index (χ4n) is 4.88. The van der Waals surface area contributed by atoms with E-state index in [-0.39, 0.29) is 18.0 Å². The molecule has 3 unspecified atom stereocenters. The monoisotopic (exact) mass is 406 g/mol. The summed E-state index contributed by atoms with van der Waals surface area (Å²) in [6.07, 6.45) is 11.1. The molecule has 0 bridgehead atoms. The Bertz CT molecular complexity index is 932. The van der Waals surface area contributed by atoms with Crippen LogP contribution in [0.25, 0.3) is 0 Å². The van der Waals surface area contributed by atoms with E-state index in [1.807, 2.05) is 13.8 Å². The minimum absolute atomic E-state index is 0.000207. The van der Waals surface area contributed by atoms with Crippen molar-refractivity contribution in [1.29, 1.82) is 0 Å². The Morgan fingerprint density at radius 3 is 2.80 bits per heavy atom. The molecule has 7 heteroatoms. The molecule has 7 nitrogen and oxygen atoms in total. The summed E-state index contributed by atoms with van der Waals surface area (Å²) < 4.78 is 0. The van der Waals surface area contributed by atoms with E-state index in [0.717, 1.165) is 68.4 Å². The summed E-state index contributed by atoms with van der Waals surface area (Å²) >= 11 is 0. The predicted molar refractivity (Wildman–Crippen MR) is 120 cm³/mol. The topological polar surface area (TPSA) is 72.9 Å². The minimum atomic E-state index is -0.508. The van der Waals surface area contributed by atoms with Gasteiger partial charge in [0.2, 0.25) is 0 Å². The SMILES string of the molecule is CC.O=C1N(C2C=CCC=CC2)N=C2c3nc(N4CCNCC4)ccc3NC3CC123. The second-order valence-corrected chi connectivity index (χ2v) is 8.21. The van der Waals surface area contributed by atoms with E-state index in [4.69, 9.17) is 10.1 Å². The summed E-state index contributed by atoms with van der Waals surface area (Å²) in [7, 11) is 0. The number of hydrogen-bond acceptors (Lipinski definition) is 6. The van der Waals surface area contributed by atoms with Crippen LogP contribution in [0.4, 0.5) is 11.5 Å². The number of nitrogens with zero attached hydrogens (tertiary/aromatic N) is 4. The molecule has 1 saturated carbocycles. The third kappa shape index (κ3) is 2.87. The van der Waals surface area contributed by atoms with Gasteiger partial charge in [-0.05, 0) is 31.4 Å². The number of piperazine rings is 1. The normalized spacial score (nSPS) is 30.9. The van der Waals surface area contributed by atoms with Crippen LogP contribution in [0, 0.1) is 5.41 Å². The lowest BCUT2D eigenvalue weighted by molar-refractivity contribution is -0.134. The fourth-order valence-corrected chi connectivity index (χ4v) is 4.88. The summed E-state index contributed by atoms with van der Waals surface area (Å²) in [6, 6.07) is 4.33. The van der Waals surface area contributed by atoms with Gasteiger partial charge in [-0.2, -0.15) is 5.10 Å². The quantitative estimate of drug-likeness (QED) is 0.739. The summed E-state index contributed by atoms with van der Waals surface area (Å²) in [5.74, 6) is 1.10. The van der Waals surface area contributed by atoms with Crippen molar-refractivity contribution in [2.45, 2.75) is 45.2 Å². The standard InChI is InChI=1S/C21H24N6O.C2H6/c28-20-21-13-16(21)23-15-7-8-17(26-11-9-22-10-12-26)24-18(15)19(21)25-27(20)14-5-3-1-2-4-6-14;1-2/h1,3-4,6-8,14,16,22-23H,2,5,9-13H2;1-2H3. The molecule has 1 aromatic heterocycles. The third-order valence-corrected chi connectivity index (χ3v) is 6.55. The van der Waals surface area contributed by atoms with E-state index in [9.17, 15) is 4.79 Å². The maximum absolute atomic E-state index is 13.4. The highest BCUT2D eigenvalue weighted by Crippen LogP contribution is 2.58. The highest BCUT2D eigenvalue weighted by atomic mass is 16.2. The summed E-state index contributed by atoms with van der Waals surface area (Å²) in [5, 5.41) is 13.5. The van der Waals surface area contributed by atoms with Gasteiger partial charge >= 0.3 is 0 Å². The zero-order chi connectivity index (χ0) is 20.7. The zero-order valence-electron chi connectivity index (χ0n) is 17.8. The van der Waals surface area contributed by atoms with Crippen molar-refractivity contribution < 1.29 is 4.79 Å². The fraction of sp³-hybridized carbons (Fsp3) is 0.522. The molecule has 158 valence electrons. The first-order valence-corrected chi connectivity index (χ1v) is 11.3. The number of hydrazone groups is 1. The van der Waals surface area contributed by atoms with Crippen LogP contribution in [0.15, 0.2) is 41.5 Å². The Labute approximate surface area is 177 Å². The van der Waals surface area contributed by atoms with E-state index >= 15 is 0 Å². The number of fused-ring (bicyclic) bond motifs is 2. The van der Waals surface area contributed by atoms with Gasteiger partial charge in [0.05, 0.1) is 11.7 Å². The predicted octanol–water partition coefficient (Wildman–Crippen LogP) is 2.52. The molecule has 6 rings (SSSR count). The van der Waals surface area contributed by atoms with Gasteiger partial charge in [-0.25, -0.2) is 9.99 Å². The average molecular weight is 407 g/mol. The number of pyridine rings is 1. The first-order valence-electron chi connectivity index (χ1n) is 11.3. The van der Waals surface area contributed by atoms with Gasteiger partial charge in [0.1, 0.15) is 22.6 Å². The molecule has 2 aliphatic carbocycles. The van der Waals surface area contributed by atoms with E-state index in [2.05, 4.69) is 52.0 Å². The van der Waals surface area contributed by atoms with Crippen LogP contribution in [0.2, 0.25) is 0 Å². The molecule has 2 N–H and O–H groups in total. The van der Waals surface area contributed by atoms with E-state index in [1.165, 1.54) is 0 Å². The number of allylic oxidation sites excluding steroid dienone is 2. The molecule has 3 aliphatic heterocycles. The molecule has 1 amide bonds. The molecule has 1 aromatic rings. The van der Waals surface area contributed by atoms with E-state index < -0.39 is 5.41 Å². The van der Waals surface area contributed by atoms with Crippen molar-refractivity contribution in [3.05, 3.63) is 42.1 Å². The lowest BCUT2D eigenvalue weighted by Crippen LogP contribution is -2.44. The molecule has 1 saturated heterocycles. The smallest absolute Gasteiger partial charge is 0.257 e. The van der Waals surface area contributed by atoms with Crippen molar-refractivity contribution in [3.8, 4) is 0 Å². The van der Waals surface area contributed by atoms with Crippen LogP contribution < -0.4 is 15.5 Å². The zero-order valence-corrected chi connectivity index (χ0v) is 17.8. The maximum Gasteiger partial charge on any atom is 0.257 e. The average Bonchev–Trinajstić information content (AvgIpc) is 3.53. The summed E-state index contributed by atoms with van der Waals surface area (Å²) in [6.45, 7) is 7.84. The van der Waals surface area contributed by atoms with Gasteiger partial charge in [0.15, 0.2) is 0 Å². The summed E-state index contributed by atoms with van der Waals surface area (Å²) in [4.78, 5) is 20.7. The van der Waals surface area contributed by atoms with Crippen LogP contribution in [0.3, 0.4) is 0 Å². The highest BCUT2D eigenvalue weighted by Gasteiger charge is 2.71. The minimum Gasteiger partial charge on any atom is -0.379 e. The number of carbonyl (C=O) groups excluding carboxylic acids is 1. The molecule has 2 fully saturated rings. The van der Waals surface area contributed by atoms with E-state index in [0.29, 0.717) is 0 Å². The summed E-state index contributed by atoms with van der Waals surface area (Å²) in [5.41, 5.74) is 2.22. The number of rotatable bonds is 2. The Hall–Kier alpha value is -2.67. The van der Waals surface area contributed by atoms with Gasteiger partial charge < -0.3 is 15.5 Å². The van der Waals surface area contributed by atoms with Crippen LogP contribution in [0.1, 0.15) is 38.8 Å². The van der Waals surface area contributed by atoms with Crippen molar-refractivity contribution in [3.63, 3.8) is 0 Å². The number of amides is 1. The van der Waals surface area contributed by atoms with Crippen molar-refractivity contribution in [2.75, 3.05) is 36.4 Å². The lowest BCUT2D eigenvalue weighted by atomic mass is 9.92. The molecule has 4 heterocycles. The van der Waals surface area contributed by atoms with Crippen molar-refractivity contribution >= 4 is 23.1 Å². The molecule has 1 spiro atoms. The van der Waals surface area contributed by atoms with Crippen molar-refractivity contribution in [1.82, 2.24) is 15.3 Å². The number of nitrogens with one attached hydrogen (secondary N) is 2.